The van der Waals surface area contributed by atoms with Gasteiger partial charge in [0.05, 0.1) is 0 Å². The largest absolute Gasteiger partial charge is 0.473 e. The van der Waals surface area contributed by atoms with Gasteiger partial charge in [0, 0.05) is 19.6 Å². The standard InChI is InChI=1S/C14H26N2O2.C2H2O4/c1-13(2,3)18-12(17)16-9-6-14(7-10-16)5-4-8-15-11-14;3-1(4)2(5)6/h15H,4-11H2,1-3H3;(H,3,4)(H,5,6). The smallest absolute Gasteiger partial charge is 0.414 e. The molecule has 0 aliphatic carbocycles. The summed E-state index contributed by atoms with van der Waals surface area (Å²) in [7, 11) is 0. The van der Waals surface area contributed by atoms with Crippen LogP contribution < -0.4 is 5.32 Å². The van der Waals surface area contributed by atoms with Crippen molar-refractivity contribution in [2.45, 2.75) is 52.1 Å². The van der Waals surface area contributed by atoms with E-state index in [0.29, 0.717) is 5.41 Å². The van der Waals surface area contributed by atoms with E-state index in [1.54, 1.807) is 0 Å². The van der Waals surface area contributed by atoms with Crippen LogP contribution in [0.3, 0.4) is 0 Å². The fourth-order valence-electron chi connectivity index (χ4n) is 2.95. The molecule has 0 atom stereocenters. The lowest BCUT2D eigenvalue weighted by molar-refractivity contribution is -0.159. The molecule has 0 unspecified atom stereocenters. The molecule has 0 saturated carbocycles. The van der Waals surface area contributed by atoms with E-state index < -0.39 is 17.5 Å². The first-order valence-corrected chi connectivity index (χ1v) is 8.20. The average Bonchev–Trinajstić information content (AvgIpc) is 2.47. The molecule has 0 aromatic rings. The van der Waals surface area contributed by atoms with Crippen LogP contribution in [-0.4, -0.2) is 64.9 Å². The zero-order valence-corrected chi connectivity index (χ0v) is 14.6. The van der Waals surface area contributed by atoms with Crippen molar-refractivity contribution in [2.75, 3.05) is 26.2 Å². The van der Waals surface area contributed by atoms with Crippen molar-refractivity contribution in [2.24, 2.45) is 5.41 Å². The number of ether oxygens (including phenoxy) is 1. The molecule has 8 heteroatoms. The number of rotatable bonds is 0. The Morgan fingerprint density at radius 3 is 1.96 bits per heavy atom. The molecule has 1 amide bonds. The fraction of sp³-hybridized carbons (Fsp3) is 0.812. The van der Waals surface area contributed by atoms with Crippen molar-refractivity contribution < 1.29 is 29.3 Å². The Bertz CT molecular complexity index is 444. The maximum Gasteiger partial charge on any atom is 0.414 e. The van der Waals surface area contributed by atoms with Gasteiger partial charge in [-0.15, -0.1) is 0 Å². The molecular weight excluding hydrogens is 316 g/mol. The highest BCUT2D eigenvalue weighted by atomic mass is 16.6. The van der Waals surface area contributed by atoms with Crippen molar-refractivity contribution in [3.05, 3.63) is 0 Å². The molecule has 8 nitrogen and oxygen atoms in total. The first-order valence-electron chi connectivity index (χ1n) is 8.20. The summed E-state index contributed by atoms with van der Waals surface area (Å²) in [6.07, 6.45) is 4.65. The minimum atomic E-state index is -1.82. The van der Waals surface area contributed by atoms with Crippen LogP contribution in [0.5, 0.6) is 0 Å². The van der Waals surface area contributed by atoms with Gasteiger partial charge in [0.1, 0.15) is 5.60 Å². The van der Waals surface area contributed by atoms with E-state index in [0.717, 1.165) is 39.0 Å². The second-order valence-corrected chi connectivity index (χ2v) is 7.36. The minimum absolute atomic E-state index is 0.152. The summed E-state index contributed by atoms with van der Waals surface area (Å²) in [6.45, 7) is 9.71. The highest BCUT2D eigenvalue weighted by Crippen LogP contribution is 2.37. The van der Waals surface area contributed by atoms with Gasteiger partial charge in [-0.25, -0.2) is 14.4 Å². The summed E-state index contributed by atoms with van der Waals surface area (Å²) in [5, 5.41) is 18.3. The van der Waals surface area contributed by atoms with Gasteiger partial charge in [0.15, 0.2) is 0 Å². The number of carbonyl (C=O) groups excluding carboxylic acids is 1. The summed E-state index contributed by atoms with van der Waals surface area (Å²) in [5.74, 6) is -3.65. The predicted octanol–water partition coefficient (Wildman–Crippen LogP) is 1.54. The second kappa shape index (κ2) is 8.32. The molecule has 1 spiro atoms. The Balaban J connectivity index is 0.000000413. The number of carboxylic acids is 2. The number of carboxylic acid groups (broad SMARTS) is 2. The van der Waals surface area contributed by atoms with Crippen LogP contribution in [-0.2, 0) is 14.3 Å². The summed E-state index contributed by atoms with van der Waals surface area (Å²) >= 11 is 0. The topological polar surface area (TPSA) is 116 Å². The van der Waals surface area contributed by atoms with Crippen molar-refractivity contribution in [1.82, 2.24) is 10.2 Å². The number of carbonyl (C=O) groups is 3. The van der Waals surface area contributed by atoms with Gasteiger partial charge in [-0.3, -0.25) is 0 Å². The van der Waals surface area contributed by atoms with Crippen LogP contribution in [0.1, 0.15) is 46.5 Å². The van der Waals surface area contributed by atoms with Gasteiger partial charge in [-0.2, -0.15) is 0 Å². The fourth-order valence-corrected chi connectivity index (χ4v) is 2.95. The van der Waals surface area contributed by atoms with Crippen LogP contribution in [0, 0.1) is 5.41 Å². The molecule has 2 saturated heterocycles. The molecule has 2 rings (SSSR count). The number of nitrogens with one attached hydrogen (secondary N) is 1. The molecule has 2 aliphatic heterocycles. The Morgan fingerprint density at radius 1 is 1.04 bits per heavy atom. The van der Waals surface area contributed by atoms with E-state index in [4.69, 9.17) is 24.5 Å². The van der Waals surface area contributed by atoms with Crippen LogP contribution in [0.15, 0.2) is 0 Å². The SMILES string of the molecule is CC(C)(C)OC(=O)N1CCC2(CCCNC2)CC1.O=C(O)C(=O)O. The molecule has 0 bridgehead atoms. The van der Waals surface area contributed by atoms with E-state index in [-0.39, 0.29) is 6.09 Å². The quantitative estimate of drug-likeness (QED) is 0.571. The molecular formula is C16H28N2O6. The van der Waals surface area contributed by atoms with E-state index >= 15 is 0 Å². The van der Waals surface area contributed by atoms with E-state index in [1.165, 1.54) is 12.8 Å². The average molecular weight is 344 g/mol. The second-order valence-electron chi connectivity index (χ2n) is 7.36. The zero-order chi connectivity index (χ0) is 18.4. The number of hydrogen-bond donors (Lipinski definition) is 3. The van der Waals surface area contributed by atoms with Gasteiger partial charge < -0.3 is 25.2 Å². The minimum Gasteiger partial charge on any atom is -0.473 e. The highest BCUT2D eigenvalue weighted by Gasteiger charge is 2.37. The maximum atomic E-state index is 12.0. The van der Waals surface area contributed by atoms with Crippen LogP contribution in [0.25, 0.3) is 0 Å². The third-order valence-electron chi connectivity index (χ3n) is 4.22. The Kier molecular flexibility index (Phi) is 7.01. The van der Waals surface area contributed by atoms with Crippen LogP contribution in [0.4, 0.5) is 4.79 Å². The number of aliphatic carboxylic acids is 2. The van der Waals surface area contributed by atoms with Crippen molar-refractivity contribution in [3.8, 4) is 0 Å². The van der Waals surface area contributed by atoms with Crippen molar-refractivity contribution >= 4 is 18.0 Å². The Hall–Kier alpha value is -1.83. The highest BCUT2D eigenvalue weighted by molar-refractivity contribution is 6.27. The number of amides is 1. The van der Waals surface area contributed by atoms with Crippen molar-refractivity contribution in [3.63, 3.8) is 0 Å². The molecule has 138 valence electrons. The molecule has 2 heterocycles. The van der Waals surface area contributed by atoms with Gasteiger partial charge in [-0.1, -0.05) is 0 Å². The Labute approximate surface area is 142 Å². The lowest BCUT2D eigenvalue weighted by Gasteiger charge is -2.44. The number of piperidine rings is 2. The molecule has 2 aliphatic rings. The van der Waals surface area contributed by atoms with Crippen LogP contribution in [0.2, 0.25) is 0 Å². The lowest BCUT2D eigenvalue weighted by atomic mass is 9.73. The predicted molar refractivity (Wildman–Crippen MR) is 86.8 cm³/mol. The summed E-state index contributed by atoms with van der Waals surface area (Å²) in [6, 6.07) is 0. The lowest BCUT2D eigenvalue weighted by Crippen LogP contribution is -2.50. The van der Waals surface area contributed by atoms with E-state index in [1.807, 2.05) is 25.7 Å². The third-order valence-corrected chi connectivity index (χ3v) is 4.22. The molecule has 0 aromatic heterocycles. The summed E-state index contributed by atoms with van der Waals surface area (Å²) in [4.78, 5) is 32.0. The summed E-state index contributed by atoms with van der Waals surface area (Å²) < 4.78 is 5.42. The number of nitrogens with zero attached hydrogens (tertiary/aromatic N) is 1. The van der Waals surface area contributed by atoms with Gasteiger partial charge in [0.2, 0.25) is 0 Å². The van der Waals surface area contributed by atoms with E-state index in [2.05, 4.69) is 5.32 Å². The number of hydrogen-bond acceptors (Lipinski definition) is 5. The molecule has 3 N–H and O–H groups in total. The molecule has 0 aromatic carbocycles. The summed E-state index contributed by atoms with van der Waals surface area (Å²) in [5.41, 5.74) is 0.0510. The Morgan fingerprint density at radius 2 is 1.58 bits per heavy atom. The molecule has 2 fully saturated rings. The number of likely N-dealkylation sites (tertiary alicyclic amines) is 1. The van der Waals surface area contributed by atoms with Crippen molar-refractivity contribution in [1.29, 1.82) is 0 Å². The normalized spacial score (nSPS) is 19.9. The molecule has 0 radical (unpaired) electrons. The van der Waals surface area contributed by atoms with Gasteiger partial charge in [0.25, 0.3) is 0 Å². The van der Waals surface area contributed by atoms with E-state index in [9.17, 15) is 4.79 Å². The molecule has 24 heavy (non-hydrogen) atoms. The zero-order valence-electron chi connectivity index (χ0n) is 14.6. The van der Waals surface area contributed by atoms with Gasteiger partial charge in [-0.05, 0) is 58.4 Å². The third kappa shape index (κ3) is 6.74. The first kappa shape index (κ1) is 20.2. The first-order chi connectivity index (χ1) is 11.0. The van der Waals surface area contributed by atoms with Gasteiger partial charge >= 0.3 is 18.0 Å². The monoisotopic (exact) mass is 344 g/mol. The van der Waals surface area contributed by atoms with Crippen LogP contribution >= 0.6 is 0 Å². The maximum absolute atomic E-state index is 12.0.